The molecule has 3 aromatic carbocycles. The number of halogens is 1. The Kier molecular flexibility index (Phi) is 6.98. The highest BCUT2D eigenvalue weighted by molar-refractivity contribution is 6.30. The van der Waals surface area contributed by atoms with Crippen molar-refractivity contribution in [2.24, 2.45) is 5.10 Å². The fraction of sp³-hybridized carbons (Fsp3) is 0.120. The van der Waals surface area contributed by atoms with E-state index in [0.29, 0.717) is 32.9 Å². The second-order valence-electron chi connectivity index (χ2n) is 7.80. The lowest BCUT2D eigenvalue weighted by atomic mass is 10.2. The van der Waals surface area contributed by atoms with Crippen LogP contribution < -0.4 is 26.2 Å². The summed E-state index contributed by atoms with van der Waals surface area (Å²) in [5.74, 6) is -0.0101. The van der Waals surface area contributed by atoms with Crippen molar-refractivity contribution in [3.63, 3.8) is 0 Å². The summed E-state index contributed by atoms with van der Waals surface area (Å²) in [6, 6.07) is 18.7. The van der Waals surface area contributed by atoms with Crippen LogP contribution in [-0.4, -0.2) is 42.5 Å². The van der Waals surface area contributed by atoms with Crippen molar-refractivity contribution in [2.45, 2.75) is 0 Å². The van der Waals surface area contributed by atoms with Crippen molar-refractivity contribution in [2.75, 3.05) is 30.9 Å². The maximum absolute atomic E-state index is 12.7. The van der Waals surface area contributed by atoms with Gasteiger partial charge in [-0.2, -0.15) is 5.10 Å². The Morgan fingerprint density at radius 1 is 1.11 bits per heavy atom. The number of nitrogens with one attached hydrogen (secondary N) is 2. The molecule has 9 nitrogen and oxygen atoms in total. The van der Waals surface area contributed by atoms with E-state index in [9.17, 15) is 14.4 Å². The Hall–Kier alpha value is -4.37. The normalized spacial score (nSPS) is 11.1. The zero-order valence-corrected chi connectivity index (χ0v) is 19.7. The number of carbonyl (C=O) groups is 1. The first-order valence-electron chi connectivity index (χ1n) is 10.6. The molecule has 1 heterocycles. The predicted molar refractivity (Wildman–Crippen MR) is 138 cm³/mol. The summed E-state index contributed by atoms with van der Waals surface area (Å²) in [7, 11) is 3.74. The van der Waals surface area contributed by atoms with Crippen LogP contribution in [-0.2, 0) is 4.79 Å². The zero-order chi connectivity index (χ0) is 24.9. The van der Waals surface area contributed by atoms with Gasteiger partial charge < -0.3 is 19.9 Å². The molecule has 0 atom stereocenters. The third kappa shape index (κ3) is 5.59. The number of aromatic amines is 1. The summed E-state index contributed by atoms with van der Waals surface area (Å²) in [4.78, 5) is 42.0. The minimum Gasteiger partial charge on any atom is -0.483 e. The van der Waals surface area contributed by atoms with E-state index in [0.717, 1.165) is 10.4 Å². The molecule has 0 aliphatic heterocycles. The van der Waals surface area contributed by atoms with Gasteiger partial charge in [-0.15, -0.1) is 4.68 Å². The van der Waals surface area contributed by atoms with Gasteiger partial charge in [0.15, 0.2) is 6.61 Å². The SMILES string of the molecule is CN(C)c1ccc(C=Nn2c(=O)[nH]c3ccccc3c2=O)c(OCC(=O)Nc2ccc(Cl)cc2)c1. The lowest BCUT2D eigenvalue weighted by molar-refractivity contribution is -0.118. The molecule has 0 fully saturated rings. The minimum atomic E-state index is -0.667. The van der Waals surface area contributed by atoms with Crippen LogP contribution in [0.1, 0.15) is 5.56 Å². The summed E-state index contributed by atoms with van der Waals surface area (Å²) in [6.45, 7) is -0.267. The van der Waals surface area contributed by atoms with Gasteiger partial charge in [0.1, 0.15) is 5.75 Å². The highest BCUT2D eigenvalue weighted by atomic mass is 35.5. The molecule has 0 unspecified atom stereocenters. The number of aromatic nitrogens is 2. The van der Waals surface area contributed by atoms with Crippen LogP contribution in [0.25, 0.3) is 10.9 Å². The number of amides is 1. The number of anilines is 2. The first kappa shape index (κ1) is 23.8. The number of benzene rings is 3. The molecule has 0 saturated heterocycles. The molecule has 178 valence electrons. The van der Waals surface area contributed by atoms with Crippen LogP contribution in [0.5, 0.6) is 5.75 Å². The van der Waals surface area contributed by atoms with Gasteiger partial charge in [-0.25, -0.2) is 4.79 Å². The molecule has 1 aromatic heterocycles. The number of hydrogen-bond acceptors (Lipinski definition) is 6. The molecule has 4 aromatic rings. The molecule has 0 spiro atoms. The van der Waals surface area contributed by atoms with E-state index in [-0.39, 0.29) is 12.5 Å². The lowest BCUT2D eigenvalue weighted by Crippen LogP contribution is -2.32. The van der Waals surface area contributed by atoms with E-state index >= 15 is 0 Å². The molecule has 0 radical (unpaired) electrons. The monoisotopic (exact) mass is 491 g/mol. The highest BCUT2D eigenvalue weighted by Crippen LogP contribution is 2.24. The van der Waals surface area contributed by atoms with E-state index in [2.05, 4.69) is 15.4 Å². The van der Waals surface area contributed by atoms with Crippen molar-refractivity contribution >= 4 is 46.0 Å². The number of para-hydroxylation sites is 1. The number of hydrogen-bond donors (Lipinski definition) is 2. The predicted octanol–water partition coefficient (Wildman–Crippen LogP) is 3.31. The topological polar surface area (TPSA) is 109 Å². The van der Waals surface area contributed by atoms with Gasteiger partial charge in [0, 0.05) is 42.1 Å². The second-order valence-corrected chi connectivity index (χ2v) is 8.23. The Bertz CT molecular complexity index is 1520. The average molecular weight is 492 g/mol. The minimum absolute atomic E-state index is 0.267. The first-order chi connectivity index (χ1) is 16.8. The van der Waals surface area contributed by atoms with Crippen molar-refractivity contribution in [1.29, 1.82) is 0 Å². The maximum atomic E-state index is 12.7. The first-order valence-corrected chi connectivity index (χ1v) is 11.0. The Labute approximate surface area is 205 Å². The molecule has 10 heteroatoms. The van der Waals surface area contributed by atoms with Gasteiger partial charge in [-0.1, -0.05) is 23.7 Å². The van der Waals surface area contributed by atoms with E-state index in [1.54, 1.807) is 60.7 Å². The molecule has 0 aliphatic rings. The maximum Gasteiger partial charge on any atom is 0.349 e. The van der Waals surface area contributed by atoms with E-state index in [4.69, 9.17) is 16.3 Å². The average Bonchev–Trinajstić information content (AvgIpc) is 2.84. The quantitative estimate of drug-likeness (QED) is 0.385. The largest absolute Gasteiger partial charge is 0.483 e. The van der Waals surface area contributed by atoms with Crippen LogP contribution in [0.3, 0.4) is 0 Å². The second kappa shape index (κ2) is 10.3. The van der Waals surface area contributed by atoms with Crippen molar-refractivity contribution in [3.8, 4) is 5.75 Å². The standard InChI is InChI=1S/C25H22ClN5O4/c1-30(2)19-12-7-16(14-27-31-24(33)20-5-3-4-6-21(20)29-25(31)34)22(13-19)35-15-23(32)28-18-10-8-17(26)9-11-18/h3-14H,15H2,1-2H3,(H,28,32)(H,29,34). The number of fused-ring (bicyclic) bond motifs is 1. The van der Waals surface area contributed by atoms with Crippen LogP contribution in [0.4, 0.5) is 11.4 Å². The van der Waals surface area contributed by atoms with Gasteiger partial charge >= 0.3 is 5.69 Å². The van der Waals surface area contributed by atoms with Crippen molar-refractivity contribution < 1.29 is 9.53 Å². The number of carbonyl (C=O) groups excluding carboxylic acids is 1. The summed E-state index contributed by atoms with van der Waals surface area (Å²) in [6.07, 6.45) is 1.34. The van der Waals surface area contributed by atoms with Crippen molar-refractivity contribution in [3.05, 3.63) is 98.2 Å². The molecular weight excluding hydrogens is 470 g/mol. The molecule has 0 bridgehead atoms. The summed E-state index contributed by atoms with van der Waals surface area (Å²) in [5.41, 5.74) is 1.11. The van der Waals surface area contributed by atoms with Crippen molar-refractivity contribution in [1.82, 2.24) is 9.66 Å². The molecule has 0 saturated carbocycles. The van der Waals surface area contributed by atoms with E-state index < -0.39 is 11.2 Å². The lowest BCUT2D eigenvalue weighted by Gasteiger charge is -2.16. The van der Waals surface area contributed by atoms with Gasteiger partial charge in [0.2, 0.25) is 0 Å². The molecule has 35 heavy (non-hydrogen) atoms. The Balaban J connectivity index is 1.60. The third-order valence-electron chi connectivity index (χ3n) is 5.10. The van der Waals surface area contributed by atoms with Crippen LogP contribution in [0, 0.1) is 0 Å². The smallest absolute Gasteiger partial charge is 0.349 e. The van der Waals surface area contributed by atoms with E-state index in [1.807, 2.05) is 25.1 Å². The van der Waals surface area contributed by atoms with Gasteiger partial charge in [0.05, 0.1) is 17.1 Å². The van der Waals surface area contributed by atoms with Gasteiger partial charge in [-0.05, 0) is 48.5 Å². The summed E-state index contributed by atoms with van der Waals surface area (Å²) >= 11 is 5.87. The summed E-state index contributed by atoms with van der Waals surface area (Å²) < 4.78 is 6.52. The number of nitrogens with zero attached hydrogens (tertiary/aromatic N) is 3. The third-order valence-corrected chi connectivity index (χ3v) is 5.35. The zero-order valence-electron chi connectivity index (χ0n) is 19.0. The highest BCUT2D eigenvalue weighted by Gasteiger charge is 2.10. The van der Waals surface area contributed by atoms with Gasteiger partial charge in [-0.3, -0.25) is 9.59 Å². The molecular formula is C25H22ClN5O4. The van der Waals surface area contributed by atoms with Gasteiger partial charge in [0.25, 0.3) is 11.5 Å². The van der Waals surface area contributed by atoms with E-state index in [1.165, 1.54) is 6.21 Å². The van der Waals surface area contributed by atoms with Crippen LogP contribution >= 0.6 is 11.6 Å². The Morgan fingerprint density at radius 3 is 2.60 bits per heavy atom. The Morgan fingerprint density at radius 2 is 1.86 bits per heavy atom. The fourth-order valence-electron chi connectivity index (χ4n) is 3.28. The fourth-order valence-corrected chi connectivity index (χ4v) is 3.41. The molecule has 0 aliphatic carbocycles. The number of rotatable bonds is 7. The van der Waals surface area contributed by atoms with Crippen LogP contribution in [0.15, 0.2) is 81.4 Å². The number of H-pyrrole nitrogens is 1. The molecule has 2 N–H and O–H groups in total. The number of ether oxygens (including phenoxy) is 1. The van der Waals surface area contributed by atoms with Crippen LogP contribution in [0.2, 0.25) is 5.02 Å². The molecule has 1 amide bonds. The molecule has 4 rings (SSSR count). The summed E-state index contributed by atoms with van der Waals surface area (Å²) in [5, 5.41) is 7.72.